The summed E-state index contributed by atoms with van der Waals surface area (Å²) in [5.41, 5.74) is 4.10. The number of thioether (sulfide) groups is 1. The van der Waals surface area contributed by atoms with Crippen molar-refractivity contribution in [1.29, 1.82) is 0 Å². The van der Waals surface area contributed by atoms with Crippen molar-refractivity contribution in [3.8, 4) is 12.3 Å². The molecule has 0 radical (unpaired) electrons. The van der Waals surface area contributed by atoms with Crippen molar-refractivity contribution in [2.45, 2.75) is 26.0 Å². The molecule has 0 saturated carbocycles. The Morgan fingerprint density at radius 2 is 1.86 bits per heavy atom. The lowest BCUT2D eigenvalue weighted by atomic mass is 10.1. The SMILES string of the molecule is C#CCCSCc1cc(C)cc(C)c1. The maximum Gasteiger partial charge on any atom is 0.0185 e. The fraction of sp³-hybridized carbons (Fsp3) is 0.385. The van der Waals surface area contributed by atoms with Crippen LogP contribution in [0.1, 0.15) is 23.1 Å². The van der Waals surface area contributed by atoms with E-state index >= 15 is 0 Å². The molecule has 14 heavy (non-hydrogen) atoms. The molecule has 0 bridgehead atoms. The summed E-state index contributed by atoms with van der Waals surface area (Å²) in [7, 11) is 0. The summed E-state index contributed by atoms with van der Waals surface area (Å²) in [6, 6.07) is 6.70. The van der Waals surface area contributed by atoms with Gasteiger partial charge in [0, 0.05) is 17.9 Å². The van der Waals surface area contributed by atoms with Gasteiger partial charge in [-0.3, -0.25) is 0 Å². The Balaban J connectivity index is 2.47. The minimum Gasteiger partial charge on any atom is -0.156 e. The number of hydrogen-bond acceptors (Lipinski definition) is 1. The van der Waals surface area contributed by atoms with Gasteiger partial charge in [0.2, 0.25) is 0 Å². The van der Waals surface area contributed by atoms with Crippen LogP contribution in [0.15, 0.2) is 18.2 Å². The first-order valence-electron chi connectivity index (χ1n) is 4.81. The van der Waals surface area contributed by atoms with Gasteiger partial charge in [0.1, 0.15) is 0 Å². The second-order valence-electron chi connectivity index (χ2n) is 3.50. The molecule has 0 spiro atoms. The number of rotatable bonds is 4. The summed E-state index contributed by atoms with van der Waals surface area (Å²) < 4.78 is 0. The maximum atomic E-state index is 5.19. The van der Waals surface area contributed by atoms with Gasteiger partial charge in [0.15, 0.2) is 0 Å². The van der Waals surface area contributed by atoms with E-state index in [-0.39, 0.29) is 0 Å². The van der Waals surface area contributed by atoms with Crippen molar-refractivity contribution < 1.29 is 0 Å². The fourth-order valence-electron chi connectivity index (χ4n) is 1.47. The summed E-state index contributed by atoms with van der Waals surface area (Å²) in [5.74, 6) is 4.79. The van der Waals surface area contributed by atoms with Crippen LogP contribution in [-0.4, -0.2) is 5.75 Å². The van der Waals surface area contributed by atoms with Crippen LogP contribution in [0.4, 0.5) is 0 Å². The molecule has 0 amide bonds. The van der Waals surface area contributed by atoms with E-state index in [1.54, 1.807) is 0 Å². The van der Waals surface area contributed by atoms with Crippen LogP contribution < -0.4 is 0 Å². The van der Waals surface area contributed by atoms with Gasteiger partial charge < -0.3 is 0 Å². The highest BCUT2D eigenvalue weighted by Crippen LogP contribution is 2.16. The van der Waals surface area contributed by atoms with Gasteiger partial charge >= 0.3 is 0 Å². The number of aryl methyl sites for hydroxylation is 2. The fourth-order valence-corrected chi connectivity index (χ4v) is 2.28. The molecule has 0 aliphatic carbocycles. The Morgan fingerprint density at radius 1 is 1.21 bits per heavy atom. The second kappa shape index (κ2) is 5.78. The van der Waals surface area contributed by atoms with Crippen LogP contribution in [0.5, 0.6) is 0 Å². The smallest absolute Gasteiger partial charge is 0.0185 e. The van der Waals surface area contributed by atoms with Crippen molar-refractivity contribution in [3.05, 3.63) is 34.9 Å². The van der Waals surface area contributed by atoms with E-state index in [2.05, 4.69) is 38.0 Å². The number of benzene rings is 1. The average molecular weight is 204 g/mol. The Kier molecular flexibility index (Phi) is 4.62. The molecular formula is C13H16S. The van der Waals surface area contributed by atoms with E-state index in [0.717, 1.165) is 17.9 Å². The lowest BCUT2D eigenvalue weighted by molar-refractivity contribution is 1.27. The highest BCUT2D eigenvalue weighted by Gasteiger charge is 1.95. The van der Waals surface area contributed by atoms with Gasteiger partial charge in [-0.05, 0) is 19.4 Å². The first-order valence-corrected chi connectivity index (χ1v) is 5.96. The van der Waals surface area contributed by atoms with Crippen LogP contribution in [0.3, 0.4) is 0 Å². The van der Waals surface area contributed by atoms with Gasteiger partial charge in [-0.1, -0.05) is 29.3 Å². The zero-order valence-corrected chi connectivity index (χ0v) is 9.66. The van der Waals surface area contributed by atoms with Crippen molar-refractivity contribution in [2.75, 3.05) is 5.75 Å². The lowest BCUT2D eigenvalue weighted by Crippen LogP contribution is -1.86. The molecule has 1 aromatic carbocycles. The second-order valence-corrected chi connectivity index (χ2v) is 4.61. The first-order chi connectivity index (χ1) is 6.72. The molecule has 0 saturated heterocycles. The van der Waals surface area contributed by atoms with Crippen LogP contribution in [0, 0.1) is 26.2 Å². The molecule has 0 nitrogen and oxygen atoms in total. The molecule has 74 valence electrons. The topological polar surface area (TPSA) is 0 Å². The third-order valence-electron chi connectivity index (χ3n) is 1.94. The predicted molar refractivity (Wildman–Crippen MR) is 65.5 cm³/mol. The van der Waals surface area contributed by atoms with Crippen LogP contribution in [0.25, 0.3) is 0 Å². The minimum atomic E-state index is 0.871. The van der Waals surface area contributed by atoms with E-state index in [0.29, 0.717) is 0 Å². The van der Waals surface area contributed by atoms with E-state index in [4.69, 9.17) is 6.42 Å². The Morgan fingerprint density at radius 3 is 2.43 bits per heavy atom. The molecule has 1 heteroatoms. The molecule has 0 aromatic heterocycles. The largest absolute Gasteiger partial charge is 0.156 e. The van der Waals surface area contributed by atoms with Gasteiger partial charge in [0.25, 0.3) is 0 Å². The number of terminal acetylenes is 1. The normalized spacial score (nSPS) is 9.79. The monoisotopic (exact) mass is 204 g/mol. The molecule has 0 aliphatic rings. The number of hydrogen-bond donors (Lipinski definition) is 0. The summed E-state index contributed by atoms with van der Waals surface area (Å²) in [6.45, 7) is 4.28. The minimum absolute atomic E-state index is 0.871. The van der Waals surface area contributed by atoms with E-state index in [1.807, 2.05) is 11.8 Å². The van der Waals surface area contributed by atoms with E-state index in [1.165, 1.54) is 16.7 Å². The Bertz CT molecular complexity index is 313. The molecule has 1 rings (SSSR count). The van der Waals surface area contributed by atoms with Gasteiger partial charge in [0.05, 0.1) is 0 Å². The Labute approximate surface area is 91.1 Å². The third kappa shape index (κ3) is 3.89. The highest BCUT2D eigenvalue weighted by atomic mass is 32.2. The van der Waals surface area contributed by atoms with E-state index in [9.17, 15) is 0 Å². The van der Waals surface area contributed by atoms with Gasteiger partial charge in [-0.2, -0.15) is 11.8 Å². The first kappa shape index (κ1) is 11.2. The zero-order chi connectivity index (χ0) is 10.4. The molecule has 0 fully saturated rings. The standard InChI is InChI=1S/C13H16S/c1-4-5-6-14-10-13-8-11(2)7-12(3)9-13/h1,7-9H,5-6,10H2,2-3H3. The zero-order valence-electron chi connectivity index (χ0n) is 8.84. The van der Waals surface area contributed by atoms with Crippen LogP contribution in [0.2, 0.25) is 0 Å². The van der Waals surface area contributed by atoms with E-state index < -0.39 is 0 Å². The van der Waals surface area contributed by atoms with Gasteiger partial charge in [-0.15, -0.1) is 12.3 Å². The van der Waals surface area contributed by atoms with Crippen LogP contribution >= 0.6 is 11.8 Å². The predicted octanol–water partition coefficient (Wildman–Crippen LogP) is 3.56. The summed E-state index contributed by atoms with van der Waals surface area (Å²) in [5, 5.41) is 0. The van der Waals surface area contributed by atoms with Crippen molar-refractivity contribution in [3.63, 3.8) is 0 Å². The molecule has 0 unspecified atom stereocenters. The lowest BCUT2D eigenvalue weighted by Gasteiger charge is -2.03. The average Bonchev–Trinajstić information content (AvgIpc) is 2.11. The van der Waals surface area contributed by atoms with Crippen molar-refractivity contribution in [2.24, 2.45) is 0 Å². The maximum absolute atomic E-state index is 5.19. The molecule has 0 aliphatic heterocycles. The van der Waals surface area contributed by atoms with Gasteiger partial charge in [-0.25, -0.2) is 0 Å². The molecule has 0 heterocycles. The summed E-state index contributed by atoms with van der Waals surface area (Å²) in [6.07, 6.45) is 6.06. The highest BCUT2D eigenvalue weighted by molar-refractivity contribution is 7.98. The van der Waals surface area contributed by atoms with Crippen molar-refractivity contribution in [1.82, 2.24) is 0 Å². The molecular weight excluding hydrogens is 188 g/mol. The summed E-state index contributed by atoms with van der Waals surface area (Å²) >= 11 is 1.91. The summed E-state index contributed by atoms with van der Waals surface area (Å²) in [4.78, 5) is 0. The molecule has 0 atom stereocenters. The third-order valence-corrected chi connectivity index (χ3v) is 2.97. The quantitative estimate of drug-likeness (QED) is 0.534. The molecule has 1 aromatic rings. The van der Waals surface area contributed by atoms with Crippen molar-refractivity contribution >= 4 is 11.8 Å². The Hall–Kier alpha value is -0.870. The molecule has 0 N–H and O–H groups in total. The van der Waals surface area contributed by atoms with Crippen LogP contribution in [-0.2, 0) is 5.75 Å².